The van der Waals surface area contributed by atoms with E-state index in [1.807, 2.05) is 0 Å². The molecule has 0 aromatic heterocycles. The highest BCUT2D eigenvalue weighted by Gasteiger charge is 2.17. The monoisotopic (exact) mass is 322 g/mol. The van der Waals surface area contributed by atoms with Gasteiger partial charge in [-0.25, -0.2) is 0 Å². The third-order valence-corrected chi connectivity index (χ3v) is 4.76. The minimum atomic E-state index is 0.0908. The van der Waals surface area contributed by atoms with Crippen molar-refractivity contribution in [2.75, 3.05) is 23.3 Å². The average molecular weight is 322 g/mol. The molecule has 0 atom stereocenters. The van der Waals surface area contributed by atoms with E-state index in [9.17, 15) is 4.79 Å². The van der Waals surface area contributed by atoms with Gasteiger partial charge in [0.15, 0.2) is 0 Å². The van der Waals surface area contributed by atoms with Crippen LogP contribution in [0.15, 0.2) is 36.4 Å². The normalized spacial score (nSPS) is 13.5. The largest absolute Gasteiger partial charge is 0.371 e. The lowest BCUT2D eigenvalue weighted by Gasteiger charge is -2.31. The maximum absolute atomic E-state index is 12.4. The number of hydrogen-bond acceptors (Lipinski definition) is 2. The molecule has 3 rings (SSSR count). The van der Waals surface area contributed by atoms with Crippen molar-refractivity contribution in [3.8, 4) is 0 Å². The Kier molecular flexibility index (Phi) is 4.89. The van der Waals surface area contributed by atoms with Crippen LogP contribution < -0.4 is 10.2 Å². The summed E-state index contributed by atoms with van der Waals surface area (Å²) in [6.07, 6.45) is 2.82. The van der Waals surface area contributed by atoms with Gasteiger partial charge in [0.2, 0.25) is 5.91 Å². The zero-order valence-corrected chi connectivity index (χ0v) is 14.9. The van der Waals surface area contributed by atoms with Crippen molar-refractivity contribution < 1.29 is 4.79 Å². The van der Waals surface area contributed by atoms with E-state index >= 15 is 0 Å². The quantitative estimate of drug-likeness (QED) is 0.905. The molecule has 126 valence electrons. The molecule has 1 amide bonds. The molecule has 0 radical (unpaired) electrons. The summed E-state index contributed by atoms with van der Waals surface area (Å²) in [5.41, 5.74) is 7.14. The summed E-state index contributed by atoms with van der Waals surface area (Å²) < 4.78 is 0. The number of hydrogen-bond donors (Lipinski definition) is 1. The third kappa shape index (κ3) is 3.61. The fourth-order valence-corrected chi connectivity index (χ4v) is 3.66. The van der Waals surface area contributed by atoms with Crippen LogP contribution in [0.3, 0.4) is 0 Å². The molecular weight excluding hydrogens is 296 g/mol. The van der Waals surface area contributed by atoms with Gasteiger partial charge in [0.05, 0.1) is 0 Å². The Bertz CT molecular complexity index is 728. The summed E-state index contributed by atoms with van der Waals surface area (Å²) in [6, 6.07) is 12.8. The molecule has 1 heterocycles. The van der Waals surface area contributed by atoms with Crippen molar-refractivity contribution in [3.63, 3.8) is 0 Å². The van der Waals surface area contributed by atoms with Gasteiger partial charge in [0.25, 0.3) is 0 Å². The SMILES string of the molecule is Cc1cc(C)c(NC(=O)CCN2CCCc3ccccc32)c(C)c1. The van der Waals surface area contributed by atoms with Crippen LogP contribution in [0.2, 0.25) is 0 Å². The van der Waals surface area contributed by atoms with Crippen LogP contribution in [0.5, 0.6) is 0 Å². The van der Waals surface area contributed by atoms with Crippen LogP contribution in [-0.4, -0.2) is 19.0 Å². The fraction of sp³-hybridized carbons (Fsp3) is 0.381. The molecule has 1 N–H and O–H groups in total. The highest BCUT2D eigenvalue weighted by Crippen LogP contribution is 2.27. The number of carbonyl (C=O) groups excluding carboxylic acids is 1. The van der Waals surface area contributed by atoms with Crippen molar-refractivity contribution in [1.29, 1.82) is 0 Å². The van der Waals surface area contributed by atoms with E-state index in [2.05, 4.69) is 67.4 Å². The van der Waals surface area contributed by atoms with Gasteiger partial charge in [-0.15, -0.1) is 0 Å². The van der Waals surface area contributed by atoms with Gasteiger partial charge in [0.1, 0.15) is 0 Å². The molecule has 0 bridgehead atoms. The number of carbonyl (C=O) groups is 1. The highest BCUT2D eigenvalue weighted by atomic mass is 16.1. The molecule has 2 aromatic carbocycles. The predicted molar refractivity (Wildman–Crippen MR) is 101 cm³/mol. The minimum Gasteiger partial charge on any atom is -0.371 e. The van der Waals surface area contributed by atoms with E-state index < -0.39 is 0 Å². The maximum atomic E-state index is 12.4. The van der Waals surface area contributed by atoms with Gasteiger partial charge in [-0.2, -0.15) is 0 Å². The summed E-state index contributed by atoms with van der Waals surface area (Å²) in [4.78, 5) is 14.8. The second kappa shape index (κ2) is 7.08. The summed E-state index contributed by atoms with van der Waals surface area (Å²) in [5.74, 6) is 0.0908. The first kappa shape index (κ1) is 16.6. The molecule has 0 saturated carbocycles. The highest BCUT2D eigenvalue weighted by molar-refractivity contribution is 5.92. The van der Waals surface area contributed by atoms with Crippen LogP contribution in [-0.2, 0) is 11.2 Å². The molecule has 0 spiro atoms. The van der Waals surface area contributed by atoms with E-state index in [1.54, 1.807) is 0 Å². The van der Waals surface area contributed by atoms with Gasteiger partial charge < -0.3 is 10.2 Å². The maximum Gasteiger partial charge on any atom is 0.226 e. The van der Waals surface area contributed by atoms with Gasteiger partial charge in [-0.3, -0.25) is 4.79 Å². The number of anilines is 2. The Labute approximate surface area is 144 Å². The third-order valence-electron chi connectivity index (χ3n) is 4.76. The Balaban J connectivity index is 1.63. The number of aryl methyl sites for hydroxylation is 4. The Morgan fingerprint density at radius 1 is 1.12 bits per heavy atom. The minimum absolute atomic E-state index is 0.0908. The summed E-state index contributed by atoms with van der Waals surface area (Å²) in [6.45, 7) is 7.99. The molecular formula is C21H26N2O. The zero-order chi connectivity index (χ0) is 17.1. The molecule has 0 fully saturated rings. The van der Waals surface area contributed by atoms with Crippen LogP contribution in [0.25, 0.3) is 0 Å². The lowest BCUT2D eigenvalue weighted by atomic mass is 10.0. The van der Waals surface area contributed by atoms with Crippen molar-refractivity contribution >= 4 is 17.3 Å². The summed E-state index contributed by atoms with van der Waals surface area (Å²) in [5, 5.41) is 3.10. The van der Waals surface area contributed by atoms with E-state index in [1.165, 1.54) is 16.8 Å². The van der Waals surface area contributed by atoms with Crippen molar-refractivity contribution in [1.82, 2.24) is 0 Å². The molecule has 0 aliphatic carbocycles. The molecule has 24 heavy (non-hydrogen) atoms. The van der Waals surface area contributed by atoms with Crippen molar-refractivity contribution in [2.45, 2.75) is 40.0 Å². The molecule has 1 aliphatic rings. The Hall–Kier alpha value is -2.29. The van der Waals surface area contributed by atoms with Crippen LogP contribution >= 0.6 is 0 Å². The van der Waals surface area contributed by atoms with Crippen molar-refractivity contribution in [2.24, 2.45) is 0 Å². The number of nitrogens with one attached hydrogen (secondary N) is 1. The average Bonchev–Trinajstić information content (AvgIpc) is 2.56. The smallest absolute Gasteiger partial charge is 0.226 e. The molecule has 2 aromatic rings. The van der Waals surface area contributed by atoms with E-state index in [-0.39, 0.29) is 5.91 Å². The summed E-state index contributed by atoms with van der Waals surface area (Å²) >= 11 is 0. The van der Waals surface area contributed by atoms with Gasteiger partial charge in [-0.1, -0.05) is 35.9 Å². The van der Waals surface area contributed by atoms with Gasteiger partial charge in [0, 0.05) is 30.9 Å². The van der Waals surface area contributed by atoms with Crippen LogP contribution in [0, 0.1) is 20.8 Å². The number of amides is 1. The van der Waals surface area contributed by atoms with E-state index in [0.717, 1.165) is 42.7 Å². The first-order chi connectivity index (χ1) is 11.5. The molecule has 3 heteroatoms. The van der Waals surface area contributed by atoms with E-state index in [4.69, 9.17) is 0 Å². The number of rotatable bonds is 4. The van der Waals surface area contributed by atoms with Crippen LogP contribution in [0.4, 0.5) is 11.4 Å². The van der Waals surface area contributed by atoms with Gasteiger partial charge >= 0.3 is 0 Å². The van der Waals surface area contributed by atoms with Gasteiger partial charge in [-0.05, 0) is 56.4 Å². The topological polar surface area (TPSA) is 32.3 Å². The second-order valence-electron chi connectivity index (χ2n) is 6.79. The molecule has 1 aliphatic heterocycles. The lowest BCUT2D eigenvalue weighted by molar-refractivity contribution is -0.116. The number of benzene rings is 2. The number of nitrogens with zero attached hydrogens (tertiary/aromatic N) is 1. The van der Waals surface area contributed by atoms with Crippen LogP contribution in [0.1, 0.15) is 35.1 Å². The molecule has 3 nitrogen and oxygen atoms in total. The first-order valence-corrected chi connectivity index (χ1v) is 8.75. The Morgan fingerprint density at radius 3 is 2.58 bits per heavy atom. The van der Waals surface area contributed by atoms with Crippen molar-refractivity contribution in [3.05, 3.63) is 58.7 Å². The number of para-hydroxylation sites is 1. The Morgan fingerprint density at radius 2 is 1.83 bits per heavy atom. The lowest BCUT2D eigenvalue weighted by Crippen LogP contribution is -2.32. The zero-order valence-electron chi connectivity index (χ0n) is 14.9. The molecule has 0 saturated heterocycles. The fourth-order valence-electron chi connectivity index (χ4n) is 3.66. The standard InChI is InChI=1S/C21H26N2O/c1-15-13-16(2)21(17(3)14-15)22-20(24)10-12-23-11-6-8-18-7-4-5-9-19(18)23/h4-5,7,9,13-14H,6,8,10-12H2,1-3H3,(H,22,24). The summed E-state index contributed by atoms with van der Waals surface area (Å²) in [7, 11) is 0. The predicted octanol–water partition coefficient (Wildman–Crippen LogP) is 4.39. The molecule has 0 unspecified atom stereocenters. The number of fused-ring (bicyclic) bond motifs is 1. The first-order valence-electron chi connectivity index (χ1n) is 8.75. The second-order valence-corrected chi connectivity index (χ2v) is 6.79. The van der Waals surface area contributed by atoms with E-state index in [0.29, 0.717) is 6.42 Å².